The summed E-state index contributed by atoms with van der Waals surface area (Å²) in [6, 6.07) is 0.721. The SMILES string of the molecule is CCC(CC)(CO)CN1CCCC1C. The van der Waals surface area contributed by atoms with Crippen molar-refractivity contribution >= 4 is 0 Å². The molecule has 0 saturated carbocycles. The molecule has 2 nitrogen and oxygen atoms in total. The van der Waals surface area contributed by atoms with Crippen LogP contribution in [0.1, 0.15) is 46.5 Å². The Balaban J connectivity index is 2.54. The molecule has 0 radical (unpaired) electrons. The monoisotopic (exact) mass is 199 g/mol. The summed E-state index contributed by atoms with van der Waals surface area (Å²) in [4.78, 5) is 2.54. The van der Waals surface area contributed by atoms with Crippen molar-refractivity contribution < 1.29 is 5.11 Å². The molecule has 1 aliphatic heterocycles. The van der Waals surface area contributed by atoms with Crippen LogP contribution in [0.3, 0.4) is 0 Å². The molecule has 1 rings (SSSR count). The molecule has 1 fully saturated rings. The Labute approximate surface area is 88.3 Å². The number of nitrogens with zero attached hydrogens (tertiary/aromatic N) is 1. The van der Waals surface area contributed by atoms with Crippen LogP contribution < -0.4 is 0 Å². The lowest BCUT2D eigenvalue weighted by atomic mass is 9.82. The molecular formula is C12H25NO. The van der Waals surface area contributed by atoms with Gasteiger partial charge < -0.3 is 10.0 Å². The fourth-order valence-corrected chi connectivity index (χ4v) is 2.41. The van der Waals surface area contributed by atoms with Gasteiger partial charge in [0.25, 0.3) is 0 Å². The van der Waals surface area contributed by atoms with Crippen LogP contribution in [0.5, 0.6) is 0 Å². The van der Waals surface area contributed by atoms with Gasteiger partial charge in [0.2, 0.25) is 0 Å². The van der Waals surface area contributed by atoms with Gasteiger partial charge in [-0.25, -0.2) is 0 Å². The Bertz CT molecular complexity index is 157. The van der Waals surface area contributed by atoms with E-state index >= 15 is 0 Å². The van der Waals surface area contributed by atoms with Gasteiger partial charge in [0.1, 0.15) is 0 Å². The molecule has 0 amide bonds. The second-order valence-electron chi connectivity index (χ2n) is 4.83. The smallest absolute Gasteiger partial charge is 0.0499 e. The van der Waals surface area contributed by atoms with Crippen molar-refractivity contribution in [1.29, 1.82) is 0 Å². The van der Waals surface area contributed by atoms with Crippen LogP contribution in [-0.2, 0) is 0 Å². The number of aliphatic hydroxyl groups excluding tert-OH is 1. The molecular weight excluding hydrogens is 174 g/mol. The maximum Gasteiger partial charge on any atom is 0.0499 e. The quantitative estimate of drug-likeness (QED) is 0.734. The highest BCUT2D eigenvalue weighted by Gasteiger charge is 2.31. The first-order valence-electron chi connectivity index (χ1n) is 6.02. The lowest BCUT2D eigenvalue weighted by molar-refractivity contribution is 0.0633. The second kappa shape index (κ2) is 5.13. The first-order chi connectivity index (χ1) is 6.67. The van der Waals surface area contributed by atoms with E-state index in [4.69, 9.17) is 0 Å². The zero-order valence-corrected chi connectivity index (χ0v) is 9.92. The van der Waals surface area contributed by atoms with Crippen LogP contribution in [0.4, 0.5) is 0 Å². The van der Waals surface area contributed by atoms with Crippen molar-refractivity contribution in [2.45, 2.75) is 52.5 Å². The molecule has 1 aliphatic rings. The van der Waals surface area contributed by atoms with Crippen LogP contribution in [0.15, 0.2) is 0 Å². The van der Waals surface area contributed by atoms with Gasteiger partial charge >= 0.3 is 0 Å². The minimum Gasteiger partial charge on any atom is -0.396 e. The summed E-state index contributed by atoms with van der Waals surface area (Å²) in [5, 5.41) is 9.50. The number of likely N-dealkylation sites (tertiary alicyclic amines) is 1. The fraction of sp³-hybridized carbons (Fsp3) is 1.00. The molecule has 2 heteroatoms. The molecule has 1 heterocycles. The summed E-state index contributed by atoms with van der Waals surface area (Å²) in [6.07, 6.45) is 4.83. The Morgan fingerprint density at radius 1 is 1.36 bits per heavy atom. The molecule has 0 spiro atoms. The van der Waals surface area contributed by atoms with Crippen molar-refractivity contribution in [1.82, 2.24) is 4.90 Å². The second-order valence-corrected chi connectivity index (χ2v) is 4.83. The predicted octanol–water partition coefficient (Wildman–Crippen LogP) is 2.27. The zero-order valence-electron chi connectivity index (χ0n) is 9.92. The van der Waals surface area contributed by atoms with E-state index in [1.54, 1.807) is 0 Å². The van der Waals surface area contributed by atoms with E-state index in [-0.39, 0.29) is 5.41 Å². The van der Waals surface area contributed by atoms with Crippen molar-refractivity contribution in [2.75, 3.05) is 19.7 Å². The molecule has 1 N–H and O–H groups in total. The Morgan fingerprint density at radius 2 is 2.00 bits per heavy atom. The number of hydrogen-bond donors (Lipinski definition) is 1. The van der Waals surface area contributed by atoms with E-state index in [2.05, 4.69) is 25.7 Å². The number of hydrogen-bond acceptors (Lipinski definition) is 2. The maximum absolute atomic E-state index is 9.50. The fourth-order valence-electron chi connectivity index (χ4n) is 2.41. The molecule has 0 aromatic heterocycles. The van der Waals surface area contributed by atoms with E-state index in [1.807, 2.05) is 0 Å². The number of aliphatic hydroxyl groups is 1. The first kappa shape index (κ1) is 12.0. The molecule has 84 valence electrons. The van der Waals surface area contributed by atoms with Gasteiger partial charge in [-0.3, -0.25) is 0 Å². The topological polar surface area (TPSA) is 23.5 Å². The van der Waals surface area contributed by atoms with Crippen LogP contribution >= 0.6 is 0 Å². The van der Waals surface area contributed by atoms with Gasteiger partial charge in [-0.05, 0) is 39.2 Å². The van der Waals surface area contributed by atoms with E-state index < -0.39 is 0 Å². The van der Waals surface area contributed by atoms with Gasteiger partial charge in [0.05, 0.1) is 0 Å². The summed E-state index contributed by atoms with van der Waals surface area (Å²) in [5.41, 5.74) is 0.151. The summed E-state index contributed by atoms with van der Waals surface area (Å²) in [7, 11) is 0. The largest absolute Gasteiger partial charge is 0.396 e. The van der Waals surface area contributed by atoms with Crippen molar-refractivity contribution in [3.05, 3.63) is 0 Å². The lowest BCUT2D eigenvalue weighted by Crippen LogP contribution is -2.41. The predicted molar refractivity (Wildman–Crippen MR) is 60.4 cm³/mol. The zero-order chi connectivity index (χ0) is 10.6. The summed E-state index contributed by atoms with van der Waals surface area (Å²) >= 11 is 0. The van der Waals surface area contributed by atoms with Gasteiger partial charge in [-0.15, -0.1) is 0 Å². The minimum absolute atomic E-state index is 0.151. The Kier molecular flexibility index (Phi) is 4.39. The van der Waals surface area contributed by atoms with E-state index in [1.165, 1.54) is 19.4 Å². The van der Waals surface area contributed by atoms with Crippen molar-refractivity contribution in [3.63, 3.8) is 0 Å². The standard InChI is InChI=1S/C12H25NO/c1-4-12(5-2,10-14)9-13-8-6-7-11(13)3/h11,14H,4-10H2,1-3H3. The van der Waals surface area contributed by atoms with Crippen LogP contribution in [0.25, 0.3) is 0 Å². The van der Waals surface area contributed by atoms with Gasteiger partial charge in [-0.1, -0.05) is 13.8 Å². The van der Waals surface area contributed by atoms with Gasteiger partial charge in [-0.2, -0.15) is 0 Å². The highest BCUT2D eigenvalue weighted by molar-refractivity contribution is 4.84. The molecule has 0 aromatic carbocycles. The van der Waals surface area contributed by atoms with Crippen LogP contribution in [0, 0.1) is 5.41 Å². The molecule has 0 aliphatic carbocycles. The average molecular weight is 199 g/mol. The summed E-state index contributed by atoms with van der Waals surface area (Å²) < 4.78 is 0. The number of rotatable bonds is 5. The molecule has 1 atom stereocenters. The van der Waals surface area contributed by atoms with Crippen molar-refractivity contribution in [2.24, 2.45) is 5.41 Å². The third kappa shape index (κ3) is 2.48. The molecule has 1 unspecified atom stereocenters. The highest BCUT2D eigenvalue weighted by Crippen LogP contribution is 2.30. The highest BCUT2D eigenvalue weighted by atomic mass is 16.3. The Morgan fingerprint density at radius 3 is 2.36 bits per heavy atom. The van der Waals surface area contributed by atoms with Crippen LogP contribution in [0.2, 0.25) is 0 Å². The molecule has 14 heavy (non-hydrogen) atoms. The average Bonchev–Trinajstić information content (AvgIpc) is 2.61. The molecule has 0 bridgehead atoms. The van der Waals surface area contributed by atoms with E-state index in [0.29, 0.717) is 6.61 Å². The summed E-state index contributed by atoms with van der Waals surface area (Å²) in [5.74, 6) is 0. The van der Waals surface area contributed by atoms with E-state index in [9.17, 15) is 5.11 Å². The molecule has 1 saturated heterocycles. The summed E-state index contributed by atoms with van der Waals surface area (Å²) in [6.45, 7) is 9.34. The minimum atomic E-state index is 0.151. The first-order valence-corrected chi connectivity index (χ1v) is 6.02. The third-order valence-corrected chi connectivity index (χ3v) is 4.06. The normalized spacial score (nSPS) is 24.4. The van der Waals surface area contributed by atoms with E-state index in [0.717, 1.165) is 25.4 Å². The van der Waals surface area contributed by atoms with Gasteiger partial charge in [0, 0.05) is 24.6 Å². The molecule has 0 aromatic rings. The lowest BCUT2D eigenvalue weighted by Gasteiger charge is -2.35. The maximum atomic E-state index is 9.50. The van der Waals surface area contributed by atoms with Crippen LogP contribution in [-0.4, -0.2) is 35.7 Å². The third-order valence-electron chi connectivity index (χ3n) is 4.06. The Hall–Kier alpha value is -0.0800. The van der Waals surface area contributed by atoms with Gasteiger partial charge in [0.15, 0.2) is 0 Å². The van der Waals surface area contributed by atoms with Crippen molar-refractivity contribution in [3.8, 4) is 0 Å².